The van der Waals surface area contributed by atoms with Crippen molar-refractivity contribution in [2.45, 2.75) is 52.0 Å². The zero-order chi connectivity index (χ0) is 27.0. The van der Waals surface area contributed by atoms with Crippen molar-refractivity contribution in [2.75, 3.05) is 0 Å². The van der Waals surface area contributed by atoms with Crippen molar-refractivity contribution >= 4 is 29.0 Å². The SMILES string of the molecule is CC(C)(C)OC(=O)NC(Cc1cn(CC=Cc2ccccc2)c2ccccc12)C(=O)OCc1ccccc1. The Morgan fingerprint density at radius 2 is 1.58 bits per heavy atom. The summed E-state index contributed by atoms with van der Waals surface area (Å²) >= 11 is 0. The van der Waals surface area contributed by atoms with Crippen LogP contribution >= 0.6 is 0 Å². The van der Waals surface area contributed by atoms with E-state index in [1.54, 1.807) is 20.8 Å². The highest BCUT2D eigenvalue weighted by atomic mass is 16.6. The molecular weight excluding hydrogens is 476 g/mol. The average Bonchev–Trinajstić information content (AvgIpc) is 3.24. The zero-order valence-corrected chi connectivity index (χ0v) is 22.1. The normalized spacial score (nSPS) is 12.4. The van der Waals surface area contributed by atoms with Crippen LogP contribution in [0.4, 0.5) is 4.79 Å². The van der Waals surface area contributed by atoms with E-state index in [2.05, 4.69) is 40.2 Å². The third kappa shape index (κ3) is 7.59. The van der Waals surface area contributed by atoms with Gasteiger partial charge < -0.3 is 19.4 Å². The number of aromatic nitrogens is 1. The summed E-state index contributed by atoms with van der Waals surface area (Å²) in [5.41, 5.74) is 3.30. The van der Waals surface area contributed by atoms with Crippen molar-refractivity contribution < 1.29 is 19.1 Å². The lowest BCUT2D eigenvalue weighted by molar-refractivity contribution is -0.147. The van der Waals surface area contributed by atoms with Crippen molar-refractivity contribution in [1.82, 2.24) is 9.88 Å². The molecule has 0 aliphatic heterocycles. The van der Waals surface area contributed by atoms with Crippen molar-refractivity contribution in [3.05, 3.63) is 114 Å². The van der Waals surface area contributed by atoms with Crippen LogP contribution in [0.25, 0.3) is 17.0 Å². The molecule has 1 unspecified atom stereocenters. The number of esters is 1. The van der Waals surface area contributed by atoms with Crippen LogP contribution in [0.2, 0.25) is 0 Å². The van der Waals surface area contributed by atoms with Crippen LogP contribution < -0.4 is 5.32 Å². The summed E-state index contributed by atoms with van der Waals surface area (Å²) < 4.78 is 13.2. The predicted octanol–water partition coefficient (Wildman–Crippen LogP) is 6.53. The summed E-state index contributed by atoms with van der Waals surface area (Å²) in [5.74, 6) is -0.513. The topological polar surface area (TPSA) is 69.6 Å². The van der Waals surface area contributed by atoms with E-state index in [0.29, 0.717) is 6.54 Å². The summed E-state index contributed by atoms with van der Waals surface area (Å²) in [6.07, 6.45) is 5.84. The Labute approximate surface area is 223 Å². The smallest absolute Gasteiger partial charge is 0.408 e. The lowest BCUT2D eigenvalue weighted by Crippen LogP contribution is -2.45. The summed E-state index contributed by atoms with van der Waals surface area (Å²) in [6.45, 7) is 6.14. The average molecular weight is 511 g/mol. The number of para-hydroxylation sites is 1. The number of benzene rings is 3. The first-order valence-corrected chi connectivity index (χ1v) is 12.8. The minimum absolute atomic E-state index is 0.123. The molecule has 1 heterocycles. The number of hydrogen-bond donors (Lipinski definition) is 1. The van der Waals surface area contributed by atoms with Gasteiger partial charge >= 0.3 is 12.1 Å². The first kappa shape index (κ1) is 26.7. The number of amides is 1. The number of carbonyl (C=O) groups is 2. The van der Waals surface area contributed by atoms with Gasteiger partial charge in [-0.25, -0.2) is 9.59 Å². The molecule has 0 spiro atoms. The molecule has 6 nitrogen and oxygen atoms in total. The molecule has 3 aromatic carbocycles. The molecule has 1 amide bonds. The van der Waals surface area contributed by atoms with E-state index >= 15 is 0 Å². The molecule has 196 valence electrons. The van der Waals surface area contributed by atoms with Gasteiger partial charge in [0.2, 0.25) is 0 Å². The highest BCUT2D eigenvalue weighted by molar-refractivity contribution is 5.86. The third-order valence-electron chi connectivity index (χ3n) is 5.91. The summed E-state index contributed by atoms with van der Waals surface area (Å²) in [6, 6.07) is 26.7. The van der Waals surface area contributed by atoms with Gasteiger partial charge in [-0.15, -0.1) is 0 Å². The standard InChI is InChI=1S/C32H34N2O4/c1-32(2,3)38-31(36)33-28(30(35)37-23-25-15-8-5-9-16-25)21-26-22-34(29-19-11-10-18-27(26)29)20-12-17-24-13-6-4-7-14-24/h4-19,22,28H,20-21,23H2,1-3H3,(H,33,36). The Morgan fingerprint density at radius 3 is 2.29 bits per heavy atom. The monoisotopic (exact) mass is 510 g/mol. The van der Waals surface area contributed by atoms with E-state index in [1.165, 1.54) is 0 Å². The molecule has 1 atom stereocenters. The van der Waals surface area contributed by atoms with Crippen LogP contribution in [0.1, 0.15) is 37.5 Å². The number of hydrogen-bond acceptors (Lipinski definition) is 4. The Kier molecular flexibility index (Phi) is 8.64. The first-order chi connectivity index (χ1) is 18.3. The van der Waals surface area contributed by atoms with Crippen molar-refractivity contribution in [2.24, 2.45) is 0 Å². The molecule has 0 saturated carbocycles. The Hall–Kier alpha value is -4.32. The van der Waals surface area contributed by atoms with E-state index < -0.39 is 23.7 Å². The number of fused-ring (bicyclic) bond motifs is 1. The number of ether oxygens (including phenoxy) is 2. The third-order valence-corrected chi connectivity index (χ3v) is 5.91. The number of alkyl carbamates (subject to hydrolysis) is 1. The minimum atomic E-state index is -0.910. The second-order valence-electron chi connectivity index (χ2n) is 10.1. The number of rotatable bonds is 9. The zero-order valence-electron chi connectivity index (χ0n) is 22.1. The van der Waals surface area contributed by atoms with Crippen LogP contribution in [-0.4, -0.2) is 28.3 Å². The second kappa shape index (κ2) is 12.3. The van der Waals surface area contributed by atoms with Crippen molar-refractivity contribution in [3.8, 4) is 0 Å². The van der Waals surface area contributed by atoms with Gasteiger partial charge in [-0.2, -0.15) is 0 Å². The Morgan fingerprint density at radius 1 is 0.921 bits per heavy atom. The molecule has 0 radical (unpaired) electrons. The maximum absolute atomic E-state index is 13.2. The number of nitrogens with one attached hydrogen (secondary N) is 1. The van der Waals surface area contributed by atoms with Gasteiger partial charge in [-0.3, -0.25) is 0 Å². The summed E-state index contributed by atoms with van der Waals surface area (Å²) in [4.78, 5) is 25.8. The van der Waals surface area contributed by atoms with Crippen molar-refractivity contribution in [1.29, 1.82) is 0 Å². The van der Waals surface area contributed by atoms with E-state index in [1.807, 2.05) is 72.9 Å². The first-order valence-electron chi connectivity index (χ1n) is 12.8. The van der Waals surface area contributed by atoms with Crippen LogP contribution in [-0.2, 0) is 33.8 Å². The summed E-state index contributed by atoms with van der Waals surface area (Å²) in [7, 11) is 0. The van der Waals surface area contributed by atoms with Gasteiger partial charge in [0.05, 0.1) is 0 Å². The van der Waals surface area contributed by atoms with Gasteiger partial charge in [0.1, 0.15) is 18.2 Å². The molecule has 1 aromatic heterocycles. The molecule has 1 N–H and O–H groups in total. The summed E-state index contributed by atoms with van der Waals surface area (Å²) in [5, 5.41) is 3.76. The predicted molar refractivity (Wildman–Crippen MR) is 151 cm³/mol. The Bertz CT molecular complexity index is 1390. The van der Waals surface area contributed by atoms with Gasteiger partial charge in [-0.1, -0.05) is 91.0 Å². The number of allylic oxidation sites excluding steroid dienone is 1. The van der Waals surface area contributed by atoms with Gasteiger partial charge in [0, 0.05) is 30.1 Å². The lowest BCUT2D eigenvalue weighted by Gasteiger charge is -2.23. The second-order valence-corrected chi connectivity index (χ2v) is 10.1. The van der Waals surface area contributed by atoms with Crippen LogP contribution in [0, 0.1) is 0 Å². The fourth-order valence-electron chi connectivity index (χ4n) is 4.20. The van der Waals surface area contributed by atoms with Crippen LogP contribution in [0.5, 0.6) is 0 Å². The van der Waals surface area contributed by atoms with Gasteiger partial charge in [0.25, 0.3) is 0 Å². The Balaban J connectivity index is 1.55. The fraction of sp³-hybridized carbons (Fsp3) is 0.250. The molecule has 6 heteroatoms. The highest BCUT2D eigenvalue weighted by Gasteiger charge is 2.27. The molecule has 0 fully saturated rings. The van der Waals surface area contributed by atoms with Gasteiger partial charge in [0.15, 0.2) is 0 Å². The van der Waals surface area contributed by atoms with Crippen molar-refractivity contribution in [3.63, 3.8) is 0 Å². The minimum Gasteiger partial charge on any atom is -0.459 e. The molecule has 0 aliphatic rings. The van der Waals surface area contributed by atoms with Crippen LogP contribution in [0.3, 0.4) is 0 Å². The highest BCUT2D eigenvalue weighted by Crippen LogP contribution is 2.23. The molecular formula is C32H34N2O4. The maximum atomic E-state index is 13.2. The van der Waals surface area contributed by atoms with E-state index in [4.69, 9.17) is 9.47 Å². The lowest BCUT2D eigenvalue weighted by atomic mass is 10.1. The molecule has 4 rings (SSSR count). The molecule has 0 saturated heterocycles. The van der Waals surface area contributed by atoms with E-state index in [9.17, 15) is 9.59 Å². The quantitative estimate of drug-likeness (QED) is 0.260. The number of nitrogens with zero attached hydrogens (tertiary/aromatic N) is 1. The molecule has 38 heavy (non-hydrogen) atoms. The molecule has 4 aromatic rings. The largest absolute Gasteiger partial charge is 0.459 e. The van der Waals surface area contributed by atoms with Gasteiger partial charge in [-0.05, 0) is 43.5 Å². The maximum Gasteiger partial charge on any atom is 0.408 e. The van der Waals surface area contributed by atoms with E-state index in [-0.39, 0.29) is 13.0 Å². The van der Waals surface area contributed by atoms with E-state index in [0.717, 1.165) is 27.6 Å². The van der Waals surface area contributed by atoms with Crippen LogP contribution in [0.15, 0.2) is 97.2 Å². The number of carbonyl (C=O) groups excluding carboxylic acids is 2. The molecule has 0 aliphatic carbocycles. The molecule has 0 bridgehead atoms. The fourth-order valence-corrected chi connectivity index (χ4v) is 4.20.